The summed E-state index contributed by atoms with van der Waals surface area (Å²) in [6.07, 6.45) is 9.10. The van der Waals surface area contributed by atoms with Gasteiger partial charge in [-0.3, -0.25) is 4.98 Å². The van der Waals surface area contributed by atoms with E-state index >= 15 is 0 Å². The standard InChI is InChI=1S/C26H25F2N5O2/c27-26(28)35-22-4-2-19(3-5-22)33(23-17-30-12-9-24(23)34-21-6-7-21)20-10-13-32(14-11-20)25-8-1-18(15-29)16-31-25/h1-5,8-9,12,16-17,20-21,26H,6-7,10-11,13-14H2. The van der Waals surface area contributed by atoms with Gasteiger partial charge in [0.05, 0.1) is 17.9 Å². The van der Waals surface area contributed by atoms with E-state index in [4.69, 9.17) is 10.00 Å². The number of aromatic nitrogens is 2. The first-order valence-electron chi connectivity index (χ1n) is 11.7. The Balaban J connectivity index is 1.40. The molecule has 2 aromatic heterocycles. The van der Waals surface area contributed by atoms with Crippen LogP contribution in [0.25, 0.3) is 0 Å². The van der Waals surface area contributed by atoms with Gasteiger partial charge in [0.15, 0.2) is 0 Å². The Morgan fingerprint density at radius 3 is 2.40 bits per heavy atom. The molecule has 0 radical (unpaired) electrons. The lowest BCUT2D eigenvalue weighted by atomic mass is 10.0. The topological polar surface area (TPSA) is 74.5 Å². The number of halogens is 2. The lowest BCUT2D eigenvalue weighted by Crippen LogP contribution is -2.43. The van der Waals surface area contributed by atoms with E-state index in [-0.39, 0.29) is 17.9 Å². The second kappa shape index (κ2) is 10.1. The number of alkyl halides is 2. The molecule has 1 saturated heterocycles. The Labute approximate surface area is 202 Å². The number of pyridine rings is 2. The van der Waals surface area contributed by atoms with E-state index in [0.29, 0.717) is 5.56 Å². The highest BCUT2D eigenvalue weighted by Gasteiger charge is 2.31. The van der Waals surface area contributed by atoms with Gasteiger partial charge in [-0.1, -0.05) is 0 Å². The van der Waals surface area contributed by atoms with Gasteiger partial charge in [0.25, 0.3) is 0 Å². The molecule has 7 nitrogen and oxygen atoms in total. The van der Waals surface area contributed by atoms with E-state index in [1.54, 1.807) is 48.9 Å². The van der Waals surface area contributed by atoms with Gasteiger partial charge in [-0.05, 0) is 62.1 Å². The first-order valence-corrected chi connectivity index (χ1v) is 11.7. The van der Waals surface area contributed by atoms with Crippen molar-refractivity contribution in [2.75, 3.05) is 22.9 Å². The highest BCUT2D eigenvalue weighted by Crippen LogP contribution is 2.40. The van der Waals surface area contributed by atoms with Gasteiger partial charge in [0.2, 0.25) is 0 Å². The molecule has 0 amide bonds. The maximum Gasteiger partial charge on any atom is 0.387 e. The highest BCUT2D eigenvalue weighted by molar-refractivity contribution is 5.70. The number of rotatable bonds is 8. The van der Waals surface area contributed by atoms with Gasteiger partial charge in [-0.15, -0.1) is 0 Å². The summed E-state index contributed by atoms with van der Waals surface area (Å²) in [6, 6.07) is 14.5. The van der Waals surface area contributed by atoms with Gasteiger partial charge in [-0.2, -0.15) is 14.0 Å². The van der Waals surface area contributed by atoms with E-state index < -0.39 is 6.61 Å². The number of piperidine rings is 1. The number of benzene rings is 1. The molecule has 1 aliphatic carbocycles. The lowest BCUT2D eigenvalue weighted by Gasteiger charge is -2.40. The molecule has 9 heteroatoms. The van der Waals surface area contributed by atoms with Crippen molar-refractivity contribution in [3.8, 4) is 17.6 Å². The summed E-state index contributed by atoms with van der Waals surface area (Å²) in [5.74, 6) is 1.74. The van der Waals surface area contributed by atoms with Gasteiger partial charge < -0.3 is 19.3 Å². The number of hydrogen-bond acceptors (Lipinski definition) is 7. The van der Waals surface area contributed by atoms with Crippen molar-refractivity contribution in [1.82, 2.24) is 9.97 Å². The van der Waals surface area contributed by atoms with E-state index in [1.165, 1.54) is 0 Å². The fraction of sp³-hybridized carbons (Fsp3) is 0.346. The van der Waals surface area contributed by atoms with Crippen LogP contribution < -0.4 is 19.3 Å². The molecule has 1 saturated carbocycles. The van der Waals surface area contributed by atoms with Crippen LogP contribution in [0, 0.1) is 11.3 Å². The summed E-state index contributed by atoms with van der Waals surface area (Å²) in [5.41, 5.74) is 2.25. The molecule has 0 unspecified atom stereocenters. The SMILES string of the molecule is N#Cc1ccc(N2CCC(N(c3ccc(OC(F)F)cc3)c3cnccc3OC3CC3)CC2)nc1. The normalized spacial score (nSPS) is 16.1. The summed E-state index contributed by atoms with van der Waals surface area (Å²) < 4.78 is 36.0. The maximum absolute atomic E-state index is 12.7. The van der Waals surface area contributed by atoms with Crippen LogP contribution in [-0.2, 0) is 0 Å². The zero-order valence-corrected chi connectivity index (χ0v) is 19.1. The van der Waals surface area contributed by atoms with Crippen LogP contribution >= 0.6 is 0 Å². The van der Waals surface area contributed by atoms with Crippen LogP contribution in [0.15, 0.2) is 61.1 Å². The third kappa shape index (κ3) is 5.43. The molecule has 0 atom stereocenters. The summed E-state index contributed by atoms with van der Waals surface area (Å²) in [5, 5.41) is 9.02. The van der Waals surface area contributed by atoms with E-state index in [1.807, 2.05) is 12.1 Å². The number of hydrogen-bond donors (Lipinski definition) is 0. The average Bonchev–Trinajstić information content (AvgIpc) is 3.70. The molecule has 2 fully saturated rings. The number of anilines is 3. The molecule has 0 N–H and O–H groups in total. The van der Waals surface area contributed by atoms with Crippen molar-refractivity contribution < 1.29 is 18.3 Å². The molecule has 2 aliphatic rings. The molecule has 3 aromatic rings. The van der Waals surface area contributed by atoms with Gasteiger partial charge in [-0.25, -0.2) is 4.98 Å². The minimum Gasteiger partial charge on any atom is -0.488 e. The molecule has 3 heterocycles. The van der Waals surface area contributed by atoms with Crippen LogP contribution in [0.2, 0.25) is 0 Å². The van der Waals surface area contributed by atoms with Crippen molar-refractivity contribution >= 4 is 17.2 Å². The number of nitriles is 1. The van der Waals surface area contributed by atoms with Gasteiger partial charge >= 0.3 is 6.61 Å². The molecule has 5 rings (SSSR count). The Morgan fingerprint density at radius 1 is 1.00 bits per heavy atom. The summed E-state index contributed by atoms with van der Waals surface area (Å²) in [7, 11) is 0. The zero-order chi connectivity index (χ0) is 24.2. The first-order chi connectivity index (χ1) is 17.1. The minimum absolute atomic E-state index is 0.117. The molecule has 1 aliphatic heterocycles. The second-order valence-corrected chi connectivity index (χ2v) is 8.64. The van der Waals surface area contributed by atoms with Crippen molar-refractivity contribution in [2.24, 2.45) is 0 Å². The summed E-state index contributed by atoms with van der Waals surface area (Å²) >= 11 is 0. The quantitative estimate of drug-likeness (QED) is 0.436. The van der Waals surface area contributed by atoms with Crippen LogP contribution in [0.4, 0.5) is 26.0 Å². The second-order valence-electron chi connectivity index (χ2n) is 8.64. The molecular weight excluding hydrogens is 452 g/mol. The minimum atomic E-state index is -2.87. The molecular formula is C26H25F2N5O2. The van der Waals surface area contributed by atoms with Crippen molar-refractivity contribution in [3.05, 3.63) is 66.6 Å². The monoisotopic (exact) mass is 477 g/mol. The Bertz CT molecular complexity index is 1170. The predicted octanol–water partition coefficient (Wildman–Crippen LogP) is 5.30. The zero-order valence-electron chi connectivity index (χ0n) is 19.1. The van der Waals surface area contributed by atoms with Crippen molar-refractivity contribution in [1.29, 1.82) is 5.26 Å². The Morgan fingerprint density at radius 2 is 1.77 bits per heavy atom. The Hall–Kier alpha value is -3.93. The van der Waals surface area contributed by atoms with Crippen LogP contribution in [0.1, 0.15) is 31.2 Å². The maximum atomic E-state index is 12.7. The van der Waals surface area contributed by atoms with Crippen LogP contribution in [0.3, 0.4) is 0 Å². The van der Waals surface area contributed by atoms with Crippen molar-refractivity contribution in [3.63, 3.8) is 0 Å². The number of nitrogens with zero attached hydrogens (tertiary/aromatic N) is 5. The predicted molar refractivity (Wildman–Crippen MR) is 127 cm³/mol. The number of ether oxygens (including phenoxy) is 2. The summed E-state index contributed by atoms with van der Waals surface area (Å²) in [6.45, 7) is -1.30. The van der Waals surface area contributed by atoms with Gasteiger partial charge in [0, 0.05) is 43.3 Å². The molecule has 0 spiro atoms. The summed E-state index contributed by atoms with van der Waals surface area (Å²) in [4.78, 5) is 13.2. The fourth-order valence-electron chi connectivity index (χ4n) is 4.35. The van der Waals surface area contributed by atoms with Crippen molar-refractivity contribution in [2.45, 2.75) is 44.4 Å². The van der Waals surface area contributed by atoms with Crippen LogP contribution in [0.5, 0.6) is 11.5 Å². The average molecular weight is 478 g/mol. The fourth-order valence-corrected chi connectivity index (χ4v) is 4.35. The molecule has 1 aromatic carbocycles. The van der Waals surface area contributed by atoms with E-state index in [9.17, 15) is 8.78 Å². The molecule has 180 valence electrons. The largest absolute Gasteiger partial charge is 0.488 e. The third-order valence-electron chi connectivity index (χ3n) is 6.21. The third-order valence-corrected chi connectivity index (χ3v) is 6.21. The van der Waals surface area contributed by atoms with E-state index in [0.717, 1.165) is 61.7 Å². The first kappa shape index (κ1) is 22.8. The lowest BCUT2D eigenvalue weighted by molar-refractivity contribution is -0.0498. The molecule has 35 heavy (non-hydrogen) atoms. The highest BCUT2D eigenvalue weighted by atomic mass is 19.3. The van der Waals surface area contributed by atoms with Gasteiger partial charge in [0.1, 0.15) is 29.1 Å². The van der Waals surface area contributed by atoms with Crippen LogP contribution in [-0.4, -0.2) is 41.8 Å². The molecule has 0 bridgehead atoms. The van der Waals surface area contributed by atoms with E-state index in [2.05, 4.69) is 30.6 Å². The smallest absolute Gasteiger partial charge is 0.387 e. The Kier molecular flexibility index (Phi) is 6.62.